The van der Waals surface area contributed by atoms with Gasteiger partial charge in [0.15, 0.2) is 0 Å². The minimum Gasteiger partial charge on any atom is -0.459 e. The Morgan fingerprint density at radius 3 is 2.58 bits per heavy atom. The van der Waals surface area contributed by atoms with E-state index in [1.165, 1.54) is 11.3 Å². The third kappa shape index (κ3) is 4.19. The molecule has 1 aliphatic carbocycles. The summed E-state index contributed by atoms with van der Waals surface area (Å²) < 4.78 is 4.20. The van der Waals surface area contributed by atoms with Gasteiger partial charge >= 0.3 is 5.97 Å². The molecular formula is C18H18Cl2N2O3S. The van der Waals surface area contributed by atoms with Crippen molar-refractivity contribution < 1.29 is 14.3 Å². The van der Waals surface area contributed by atoms with Crippen molar-refractivity contribution in [3.63, 3.8) is 0 Å². The van der Waals surface area contributed by atoms with Crippen LogP contribution in [0.25, 0.3) is 0 Å². The molecular weight excluding hydrogens is 395 g/mol. The fourth-order valence-electron chi connectivity index (χ4n) is 2.40. The van der Waals surface area contributed by atoms with Crippen LogP contribution < -0.4 is 5.32 Å². The number of aryl methyl sites for hydroxylation is 1. The number of nitrogens with one attached hydrogen (secondary N) is 1. The lowest BCUT2D eigenvalue weighted by molar-refractivity contribution is -0.151. The van der Waals surface area contributed by atoms with E-state index in [0.717, 1.165) is 11.3 Å². The lowest BCUT2D eigenvalue weighted by atomic mass is 10.1. The second-order valence-corrected chi connectivity index (χ2v) is 9.04. The topological polar surface area (TPSA) is 68.3 Å². The molecule has 0 spiro atoms. The molecule has 5 nitrogen and oxygen atoms in total. The van der Waals surface area contributed by atoms with E-state index in [1.54, 1.807) is 12.3 Å². The Kier molecular flexibility index (Phi) is 5.28. The van der Waals surface area contributed by atoms with Gasteiger partial charge in [-0.1, -0.05) is 17.7 Å². The third-order valence-corrected chi connectivity index (χ3v) is 6.31. The molecule has 3 rings (SSSR count). The summed E-state index contributed by atoms with van der Waals surface area (Å²) >= 11 is 13.3. The van der Waals surface area contributed by atoms with Gasteiger partial charge in [-0.2, -0.15) is 0 Å². The molecule has 0 saturated heterocycles. The zero-order valence-corrected chi connectivity index (χ0v) is 16.7. The van der Waals surface area contributed by atoms with E-state index < -0.39 is 15.7 Å². The molecule has 26 heavy (non-hydrogen) atoms. The number of esters is 1. The Morgan fingerprint density at radius 2 is 1.96 bits per heavy atom. The highest BCUT2D eigenvalue weighted by atomic mass is 35.5. The minimum absolute atomic E-state index is 0.0361. The first kappa shape index (κ1) is 19.1. The summed E-state index contributed by atoms with van der Waals surface area (Å²) in [7, 11) is 0. The SMILES string of the molecule is Cc1ccc(NC(=O)Cc2nc(COC(=O)[C@]3(C)CC3(Cl)Cl)cs2)cc1. The van der Waals surface area contributed by atoms with Crippen LogP contribution in [0.4, 0.5) is 5.69 Å². The maximum Gasteiger partial charge on any atom is 0.315 e. The number of carbonyl (C=O) groups excluding carboxylic acids is 2. The highest BCUT2D eigenvalue weighted by molar-refractivity contribution is 7.09. The lowest BCUT2D eigenvalue weighted by Crippen LogP contribution is -2.21. The number of rotatable bonds is 6. The zero-order chi connectivity index (χ0) is 18.9. The van der Waals surface area contributed by atoms with Gasteiger partial charge in [-0.25, -0.2) is 4.98 Å². The van der Waals surface area contributed by atoms with Crippen molar-refractivity contribution in [3.05, 3.63) is 45.9 Å². The number of aromatic nitrogens is 1. The molecule has 1 aliphatic rings. The molecule has 1 amide bonds. The number of alkyl halides is 2. The van der Waals surface area contributed by atoms with Crippen molar-refractivity contribution in [2.45, 2.75) is 37.6 Å². The molecule has 0 aliphatic heterocycles. The first-order valence-corrected chi connectivity index (χ1v) is 9.68. The maximum absolute atomic E-state index is 12.1. The van der Waals surface area contributed by atoms with Gasteiger partial charge in [0.1, 0.15) is 21.4 Å². The van der Waals surface area contributed by atoms with Gasteiger partial charge in [0.05, 0.1) is 12.1 Å². The van der Waals surface area contributed by atoms with E-state index >= 15 is 0 Å². The molecule has 1 aromatic heterocycles. The maximum atomic E-state index is 12.1. The number of halogens is 2. The highest BCUT2D eigenvalue weighted by Crippen LogP contribution is 2.64. The van der Waals surface area contributed by atoms with Crippen LogP contribution in [0.1, 0.15) is 29.6 Å². The number of carbonyl (C=O) groups is 2. The molecule has 1 atom stereocenters. The van der Waals surface area contributed by atoms with Crippen molar-refractivity contribution in [2.75, 3.05) is 5.32 Å². The number of hydrogen-bond acceptors (Lipinski definition) is 5. The summed E-state index contributed by atoms with van der Waals surface area (Å²) in [5.41, 5.74) is 1.61. The molecule has 1 fully saturated rings. The second-order valence-electron chi connectivity index (χ2n) is 6.61. The molecule has 138 valence electrons. The van der Waals surface area contributed by atoms with Crippen LogP contribution in [0.3, 0.4) is 0 Å². The number of ether oxygens (including phenoxy) is 1. The second kappa shape index (κ2) is 7.18. The van der Waals surface area contributed by atoms with E-state index in [0.29, 0.717) is 17.1 Å². The van der Waals surface area contributed by atoms with E-state index in [-0.39, 0.29) is 18.9 Å². The van der Waals surface area contributed by atoms with Crippen LogP contribution in [-0.2, 0) is 27.4 Å². The van der Waals surface area contributed by atoms with Crippen molar-refractivity contribution in [1.82, 2.24) is 4.98 Å². The third-order valence-electron chi connectivity index (χ3n) is 4.31. The summed E-state index contributed by atoms with van der Waals surface area (Å²) in [5, 5.41) is 5.25. The average molecular weight is 413 g/mol. The first-order chi connectivity index (χ1) is 12.2. The van der Waals surface area contributed by atoms with Crippen LogP contribution >= 0.6 is 34.5 Å². The van der Waals surface area contributed by atoms with Crippen LogP contribution in [0, 0.1) is 12.3 Å². The minimum atomic E-state index is -1.05. The van der Waals surface area contributed by atoms with Gasteiger partial charge < -0.3 is 10.1 Å². The van der Waals surface area contributed by atoms with Crippen LogP contribution in [0.15, 0.2) is 29.6 Å². The van der Waals surface area contributed by atoms with Crippen molar-refractivity contribution in [3.8, 4) is 0 Å². The van der Waals surface area contributed by atoms with Crippen LogP contribution in [0.2, 0.25) is 0 Å². The van der Waals surface area contributed by atoms with Gasteiger partial charge in [-0.3, -0.25) is 9.59 Å². The first-order valence-electron chi connectivity index (χ1n) is 8.04. The van der Waals surface area contributed by atoms with Gasteiger partial charge in [0.2, 0.25) is 5.91 Å². The molecule has 1 heterocycles. The van der Waals surface area contributed by atoms with Gasteiger partial charge in [0.25, 0.3) is 0 Å². The molecule has 0 radical (unpaired) electrons. The quantitative estimate of drug-likeness (QED) is 0.568. The summed E-state index contributed by atoms with van der Waals surface area (Å²) in [6.07, 6.45) is 0.542. The summed E-state index contributed by atoms with van der Waals surface area (Å²) in [6, 6.07) is 7.57. The molecule has 0 bridgehead atoms. The van der Waals surface area contributed by atoms with E-state index in [1.807, 2.05) is 31.2 Å². The largest absolute Gasteiger partial charge is 0.459 e. The molecule has 1 saturated carbocycles. The summed E-state index contributed by atoms with van der Waals surface area (Å²) in [4.78, 5) is 28.5. The fourth-order valence-corrected chi connectivity index (χ4v) is 3.86. The zero-order valence-electron chi connectivity index (χ0n) is 14.3. The van der Waals surface area contributed by atoms with Gasteiger partial charge in [0, 0.05) is 17.5 Å². The van der Waals surface area contributed by atoms with E-state index in [4.69, 9.17) is 27.9 Å². The monoisotopic (exact) mass is 412 g/mol. The Balaban J connectivity index is 1.49. The van der Waals surface area contributed by atoms with Gasteiger partial charge in [-0.05, 0) is 26.0 Å². The van der Waals surface area contributed by atoms with Crippen molar-refractivity contribution >= 4 is 52.1 Å². The Morgan fingerprint density at radius 1 is 1.31 bits per heavy atom. The summed E-state index contributed by atoms with van der Waals surface area (Å²) in [5.74, 6) is -0.583. The highest BCUT2D eigenvalue weighted by Gasteiger charge is 2.69. The number of benzene rings is 1. The predicted octanol–water partition coefficient (Wildman–Crippen LogP) is 4.26. The number of anilines is 1. The standard InChI is InChI=1S/C18H18Cl2N2O3S/c1-11-3-5-12(6-4-11)21-14(23)7-15-22-13(9-26-15)8-25-16(24)17(2)10-18(17,19)20/h3-6,9H,7-8,10H2,1-2H3,(H,21,23)/t17-/m0/s1. The Bertz CT molecular complexity index is 835. The Hall–Kier alpha value is -1.63. The number of hydrogen-bond donors (Lipinski definition) is 1. The number of amides is 1. The predicted molar refractivity (Wildman–Crippen MR) is 103 cm³/mol. The van der Waals surface area contributed by atoms with Crippen molar-refractivity contribution in [2.24, 2.45) is 5.41 Å². The molecule has 1 aromatic carbocycles. The van der Waals surface area contributed by atoms with Crippen molar-refractivity contribution in [1.29, 1.82) is 0 Å². The van der Waals surface area contributed by atoms with Crippen LogP contribution in [-0.4, -0.2) is 21.2 Å². The normalized spacial score (nSPS) is 20.5. The lowest BCUT2D eigenvalue weighted by Gasteiger charge is -2.10. The molecule has 8 heteroatoms. The van der Waals surface area contributed by atoms with E-state index in [9.17, 15) is 9.59 Å². The molecule has 2 aromatic rings. The smallest absolute Gasteiger partial charge is 0.315 e. The fraction of sp³-hybridized carbons (Fsp3) is 0.389. The number of thiazole rings is 1. The van der Waals surface area contributed by atoms with E-state index in [2.05, 4.69) is 10.3 Å². The Labute approximate surface area is 165 Å². The summed E-state index contributed by atoms with van der Waals surface area (Å²) in [6.45, 7) is 3.70. The molecule has 1 N–H and O–H groups in total. The molecule has 0 unspecified atom stereocenters. The number of nitrogens with zero attached hydrogens (tertiary/aromatic N) is 1. The average Bonchev–Trinajstić information content (AvgIpc) is 2.91. The van der Waals surface area contributed by atoms with Gasteiger partial charge in [-0.15, -0.1) is 34.5 Å². The van der Waals surface area contributed by atoms with Crippen LogP contribution in [0.5, 0.6) is 0 Å².